The van der Waals surface area contributed by atoms with E-state index in [1.807, 2.05) is 0 Å². The number of aliphatic imine (C=N–C) groups is 1. The maximum Gasteiger partial charge on any atom is 0.213 e. The first-order valence-corrected chi connectivity index (χ1v) is 12.0. The Morgan fingerprint density at radius 2 is 2.06 bits per heavy atom. The van der Waals surface area contributed by atoms with Gasteiger partial charge >= 0.3 is 0 Å². The van der Waals surface area contributed by atoms with Crippen LogP contribution in [0.4, 0.5) is 10.1 Å². The topological polar surface area (TPSA) is 78.9 Å². The molecule has 0 spiro atoms. The van der Waals surface area contributed by atoms with E-state index in [1.54, 1.807) is 30.3 Å². The Hall–Kier alpha value is -2.45. The third-order valence-electron chi connectivity index (χ3n) is 5.39. The first-order valence-electron chi connectivity index (χ1n) is 11.1. The molecular formula is C24H33FN6S. The van der Waals surface area contributed by atoms with Crippen LogP contribution in [0.3, 0.4) is 0 Å². The molecule has 0 aliphatic carbocycles. The summed E-state index contributed by atoms with van der Waals surface area (Å²) in [6.07, 6.45) is 5.09. The van der Waals surface area contributed by atoms with Gasteiger partial charge in [0.2, 0.25) is 5.95 Å². The van der Waals surface area contributed by atoms with Gasteiger partial charge in [-0.3, -0.25) is 9.89 Å². The van der Waals surface area contributed by atoms with Crippen LogP contribution in [-0.4, -0.2) is 46.7 Å². The van der Waals surface area contributed by atoms with Gasteiger partial charge in [0, 0.05) is 23.7 Å². The minimum atomic E-state index is -0.495. The smallest absolute Gasteiger partial charge is 0.213 e. The second-order valence-electron chi connectivity index (χ2n) is 8.43. The molecule has 0 amide bonds. The summed E-state index contributed by atoms with van der Waals surface area (Å²) in [5, 5.41) is 4.43. The molecule has 1 aliphatic heterocycles. The molecule has 0 saturated carbocycles. The molecule has 3 N–H and O–H groups in total. The molecule has 0 unspecified atom stereocenters. The van der Waals surface area contributed by atoms with Crippen molar-refractivity contribution in [3.05, 3.63) is 59.7 Å². The Bertz CT molecular complexity index is 909. The lowest BCUT2D eigenvalue weighted by atomic mass is 9.90. The second kappa shape index (κ2) is 12.6. The number of hydrogen-bond acceptors (Lipinski definition) is 7. The van der Waals surface area contributed by atoms with Crippen molar-refractivity contribution in [2.75, 3.05) is 24.4 Å². The number of benzene rings is 1. The SMILES string of the molecule is CC(C)SNc1cccc(CC2CCN(CC(C=NCc3cccc(F)n3)=NN)CC2)c1. The summed E-state index contributed by atoms with van der Waals surface area (Å²) in [4.78, 5) is 10.5. The quantitative estimate of drug-likeness (QED) is 0.181. The van der Waals surface area contributed by atoms with Crippen molar-refractivity contribution in [3.63, 3.8) is 0 Å². The zero-order chi connectivity index (χ0) is 22.8. The van der Waals surface area contributed by atoms with Gasteiger partial charge < -0.3 is 10.6 Å². The molecule has 1 saturated heterocycles. The summed E-state index contributed by atoms with van der Waals surface area (Å²) in [5.74, 6) is 5.76. The van der Waals surface area contributed by atoms with E-state index >= 15 is 0 Å². The van der Waals surface area contributed by atoms with E-state index in [0.717, 1.165) is 38.1 Å². The number of hydrazone groups is 1. The van der Waals surface area contributed by atoms with Crippen LogP contribution in [0.25, 0.3) is 0 Å². The number of rotatable bonds is 10. The molecule has 1 aromatic heterocycles. The van der Waals surface area contributed by atoms with Crippen LogP contribution in [0.5, 0.6) is 0 Å². The van der Waals surface area contributed by atoms with Crippen molar-refractivity contribution in [3.8, 4) is 0 Å². The Morgan fingerprint density at radius 3 is 2.78 bits per heavy atom. The average molecular weight is 457 g/mol. The lowest BCUT2D eigenvalue weighted by molar-refractivity contribution is 0.206. The highest BCUT2D eigenvalue weighted by molar-refractivity contribution is 8.01. The van der Waals surface area contributed by atoms with Crippen molar-refractivity contribution in [1.29, 1.82) is 0 Å². The second-order valence-corrected chi connectivity index (χ2v) is 9.82. The summed E-state index contributed by atoms with van der Waals surface area (Å²) in [7, 11) is 0. The highest BCUT2D eigenvalue weighted by Gasteiger charge is 2.20. The minimum Gasteiger partial charge on any atom is -0.330 e. The van der Waals surface area contributed by atoms with E-state index in [-0.39, 0.29) is 0 Å². The number of pyridine rings is 1. The predicted octanol–water partition coefficient (Wildman–Crippen LogP) is 4.53. The zero-order valence-electron chi connectivity index (χ0n) is 18.9. The van der Waals surface area contributed by atoms with Gasteiger partial charge in [-0.1, -0.05) is 32.0 Å². The molecule has 2 aromatic rings. The molecular weight excluding hydrogens is 423 g/mol. The number of nitrogens with one attached hydrogen (secondary N) is 1. The molecule has 2 heterocycles. The van der Waals surface area contributed by atoms with E-state index < -0.39 is 5.95 Å². The highest BCUT2D eigenvalue weighted by atomic mass is 32.2. The highest BCUT2D eigenvalue weighted by Crippen LogP contribution is 2.24. The lowest BCUT2D eigenvalue weighted by Crippen LogP contribution is -2.38. The Kier molecular flexibility index (Phi) is 9.49. The van der Waals surface area contributed by atoms with Crippen molar-refractivity contribution < 1.29 is 4.39 Å². The van der Waals surface area contributed by atoms with E-state index in [0.29, 0.717) is 30.0 Å². The Morgan fingerprint density at radius 1 is 1.28 bits per heavy atom. The first kappa shape index (κ1) is 24.2. The van der Waals surface area contributed by atoms with E-state index in [4.69, 9.17) is 5.84 Å². The van der Waals surface area contributed by atoms with Gasteiger partial charge in [-0.15, -0.1) is 0 Å². The van der Waals surface area contributed by atoms with Crippen LogP contribution in [0.15, 0.2) is 52.6 Å². The summed E-state index contributed by atoms with van der Waals surface area (Å²) >= 11 is 1.74. The summed E-state index contributed by atoms with van der Waals surface area (Å²) in [6, 6.07) is 13.5. The fraction of sp³-hybridized carbons (Fsp3) is 0.458. The minimum absolute atomic E-state index is 0.308. The number of nitrogens with zero attached hydrogens (tertiary/aromatic N) is 4. The van der Waals surface area contributed by atoms with Gasteiger partial charge in [0.15, 0.2) is 0 Å². The monoisotopic (exact) mass is 456 g/mol. The first-order chi connectivity index (χ1) is 15.5. The van der Waals surface area contributed by atoms with E-state index in [2.05, 4.69) is 62.8 Å². The van der Waals surface area contributed by atoms with Crippen molar-refractivity contribution >= 4 is 29.6 Å². The van der Waals surface area contributed by atoms with Gasteiger partial charge in [-0.2, -0.15) is 9.49 Å². The zero-order valence-corrected chi connectivity index (χ0v) is 19.7. The maximum atomic E-state index is 13.2. The third-order valence-corrected chi connectivity index (χ3v) is 6.21. The number of hydrogen-bond donors (Lipinski definition) is 2. The normalized spacial score (nSPS) is 16.2. The molecule has 32 heavy (non-hydrogen) atoms. The Balaban J connectivity index is 1.43. The van der Waals surface area contributed by atoms with Crippen LogP contribution in [0.2, 0.25) is 0 Å². The number of aromatic nitrogens is 1. The van der Waals surface area contributed by atoms with Gasteiger partial charge in [-0.05, 0) is 80.0 Å². The van der Waals surface area contributed by atoms with Crippen molar-refractivity contribution in [2.45, 2.75) is 44.9 Å². The van der Waals surface area contributed by atoms with Crippen molar-refractivity contribution in [1.82, 2.24) is 9.88 Å². The fourth-order valence-corrected chi connectivity index (χ4v) is 4.26. The largest absolute Gasteiger partial charge is 0.330 e. The number of nitrogens with two attached hydrogens (primary N) is 1. The summed E-state index contributed by atoms with van der Waals surface area (Å²) < 4.78 is 16.6. The molecule has 1 fully saturated rings. The van der Waals surface area contributed by atoms with Crippen LogP contribution in [0, 0.1) is 11.9 Å². The van der Waals surface area contributed by atoms with E-state index in [1.165, 1.54) is 17.3 Å². The number of piperidine rings is 1. The fourth-order valence-electron chi connectivity index (χ4n) is 3.76. The molecule has 8 heteroatoms. The standard InChI is InChI=1S/C24H33FN6S/c1-18(2)32-30-21-6-3-5-20(14-21)13-19-9-11-31(12-10-19)17-23(29-26)16-27-15-22-7-4-8-24(25)28-22/h3-8,14,16,18-19,30H,9-13,15,17,26H2,1-2H3. The number of likely N-dealkylation sites (tertiary alicyclic amines) is 1. The molecule has 1 aliphatic rings. The molecule has 3 rings (SSSR count). The van der Waals surface area contributed by atoms with Crippen LogP contribution < -0.4 is 10.6 Å². The van der Waals surface area contributed by atoms with Gasteiger partial charge in [-0.25, -0.2) is 4.98 Å². The average Bonchev–Trinajstić information content (AvgIpc) is 2.78. The molecule has 6 nitrogen and oxygen atoms in total. The molecule has 0 radical (unpaired) electrons. The van der Waals surface area contributed by atoms with Gasteiger partial charge in [0.25, 0.3) is 0 Å². The number of halogens is 1. The maximum absolute atomic E-state index is 13.2. The molecule has 0 atom stereocenters. The molecule has 1 aromatic carbocycles. The molecule has 0 bridgehead atoms. The molecule has 172 valence electrons. The van der Waals surface area contributed by atoms with Crippen LogP contribution >= 0.6 is 11.9 Å². The third kappa shape index (κ3) is 8.24. The predicted molar refractivity (Wildman–Crippen MR) is 134 cm³/mol. The van der Waals surface area contributed by atoms with Gasteiger partial charge in [0.05, 0.1) is 18.0 Å². The van der Waals surface area contributed by atoms with Gasteiger partial charge in [0.1, 0.15) is 0 Å². The van der Waals surface area contributed by atoms with Crippen LogP contribution in [0.1, 0.15) is 37.9 Å². The summed E-state index contributed by atoms with van der Waals surface area (Å²) in [6.45, 7) is 7.39. The Labute approximate surface area is 194 Å². The lowest BCUT2D eigenvalue weighted by Gasteiger charge is -2.31. The van der Waals surface area contributed by atoms with Crippen LogP contribution in [-0.2, 0) is 13.0 Å². The van der Waals surface area contributed by atoms with Crippen molar-refractivity contribution in [2.24, 2.45) is 21.9 Å². The van der Waals surface area contributed by atoms with E-state index in [9.17, 15) is 4.39 Å². The summed E-state index contributed by atoms with van der Waals surface area (Å²) in [5.41, 5.74) is 3.87. The number of anilines is 1.